The molecule has 3 heterocycles. The van der Waals surface area contributed by atoms with E-state index in [4.69, 9.17) is 0 Å². The SMILES string of the molecule is Cc1nccnc1-c1ccn(CC(=O)Nc2cc(C(C)C)nn2C)n1. The topological polar surface area (TPSA) is 90.5 Å². The highest BCUT2D eigenvalue weighted by atomic mass is 16.2. The summed E-state index contributed by atoms with van der Waals surface area (Å²) in [6, 6.07) is 3.71. The first-order valence-corrected chi connectivity index (χ1v) is 8.09. The number of carbonyl (C=O) groups excluding carboxylic acids is 1. The number of hydrogen-bond acceptors (Lipinski definition) is 5. The summed E-state index contributed by atoms with van der Waals surface area (Å²) in [6.45, 7) is 6.12. The maximum atomic E-state index is 12.3. The van der Waals surface area contributed by atoms with Crippen molar-refractivity contribution >= 4 is 11.7 Å². The molecule has 0 bridgehead atoms. The van der Waals surface area contributed by atoms with E-state index in [1.165, 1.54) is 0 Å². The number of carbonyl (C=O) groups is 1. The van der Waals surface area contributed by atoms with E-state index in [1.807, 2.05) is 26.1 Å². The fourth-order valence-corrected chi connectivity index (χ4v) is 2.45. The van der Waals surface area contributed by atoms with E-state index >= 15 is 0 Å². The Morgan fingerprint density at radius 3 is 2.68 bits per heavy atom. The van der Waals surface area contributed by atoms with Gasteiger partial charge < -0.3 is 5.32 Å². The highest BCUT2D eigenvalue weighted by molar-refractivity contribution is 5.89. The molecule has 0 saturated carbocycles. The van der Waals surface area contributed by atoms with Crippen LogP contribution in [0.5, 0.6) is 0 Å². The average molecular weight is 339 g/mol. The number of aryl methyl sites for hydroxylation is 2. The predicted molar refractivity (Wildman–Crippen MR) is 93.9 cm³/mol. The monoisotopic (exact) mass is 339 g/mol. The molecule has 8 nitrogen and oxygen atoms in total. The van der Waals surface area contributed by atoms with Gasteiger partial charge in [-0.05, 0) is 18.9 Å². The molecule has 25 heavy (non-hydrogen) atoms. The van der Waals surface area contributed by atoms with Crippen LogP contribution in [0.4, 0.5) is 5.82 Å². The van der Waals surface area contributed by atoms with Crippen LogP contribution in [0.25, 0.3) is 11.4 Å². The number of amides is 1. The Kier molecular flexibility index (Phi) is 4.60. The van der Waals surface area contributed by atoms with Gasteiger partial charge in [0.25, 0.3) is 0 Å². The highest BCUT2D eigenvalue weighted by Crippen LogP contribution is 2.18. The Hall–Kier alpha value is -3.03. The number of nitrogens with one attached hydrogen (secondary N) is 1. The largest absolute Gasteiger partial charge is 0.309 e. The quantitative estimate of drug-likeness (QED) is 0.769. The van der Waals surface area contributed by atoms with Crippen molar-refractivity contribution in [3.63, 3.8) is 0 Å². The van der Waals surface area contributed by atoms with Crippen molar-refractivity contribution in [2.75, 3.05) is 5.32 Å². The standard InChI is InChI=1S/C17H21N7O/c1-11(2)14-9-15(23(4)21-14)20-16(25)10-24-8-5-13(22-24)17-12(3)18-6-7-19-17/h5-9,11H,10H2,1-4H3,(H,20,25). The second kappa shape index (κ2) is 6.84. The second-order valence-electron chi connectivity index (χ2n) is 6.17. The molecule has 3 aromatic heterocycles. The van der Waals surface area contributed by atoms with Crippen LogP contribution in [0, 0.1) is 6.92 Å². The summed E-state index contributed by atoms with van der Waals surface area (Å²) >= 11 is 0. The first-order chi connectivity index (χ1) is 11.9. The molecule has 0 saturated heterocycles. The molecule has 8 heteroatoms. The summed E-state index contributed by atoms with van der Waals surface area (Å²) < 4.78 is 3.25. The Morgan fingerprint density at radius 2 is 2.00 bits per heavy atom. The fraction of sp³-hybridized carbons (Fsp3) is 0.353. The zero-order chi connectivity index (χ0) is 18.0. The number of aromatic nitrogens is 6. The van der Waals surface area contributed by atoms with Crippen molar-refractivity contribution in [3.05, 3.63) is 42.1 Å². The third-order valence-corrected chi connectivity index (χ3v) is 3.83. The molecule has 0 fully saturated rings. The fourth-order valence-electron chi connectivity index (χ4n) is 2.45. The van der Waals surface area contributed by atoms with E-state index in [2.05, 4.69) is 39.3 Å². The second-order valence-corrected chi connectivity index (χ2v) is 6.17. The average Bonchev–Trinajstić information content (AvgIpc) is 3.15. The van der Waals surface area contributed by atoms with Gasteiger partial charge in [-0.2, -0.15) is 10.2 Å². The molecule has 0 spiro atoms. The third kappa shape index (κ3) is 3.73. The number of rotatable bonds is 5. The van der Waals surface area contributed by atoms with Gasteiger partial charge in [0.15, 0.2) is 0 Å². The van der Waals surface area contributed by atoms with Crippen molar-refractivity contribution in [3.8, 4) is 11.4 Å². The van der Waals surface area contributed by atoms with Crippen LogP contribution in [0.15, 0.2) is 30.7 Å². The minimum atomic E-state index is -0.163. The molecule has 0 radical (unpaired) electrons. The van der Waals surface area contributed by atoms with Gasteiger partial charge in [-0.1, -0.05) is 13.8 Å². The third-order valence-electron chi connectivity index (χ3n) is 3.83. The van der Waals surface area contributed by atoms with E-state index in [-0.39, 0.29) is 12.5 Å². The molecular formula is C17H21N7O. The first kappa shape index (κ1) is 16.8. The van der Waals surface area contributed by atoms with E-state index in [9.17, 15) is 4.79 Å². The van der Waals surface area contributed by atoms with Gasteiger partial charge in [-0.3, -0.25) is 24.1 Å². The Bertz CT molecular complexity index is 894. The Balaban J connectivity index is 1.69. The molecule has 0 aliphatic carbocycles. The van der Waals surface area contributed by atoms with E-state index in [0.717, 1.165) is 17.1 Å². The van der Waals surface area contributed by atoms with Crippen molar-refractivity contribution in [1.82, 2.24) is 29.5 Å². The van der Waals surface area contributed by atoms with E-state index < -0.39 is 0 Å². The Labute approximate surface area is 145 Å². The smallest absolute Gasteiger partial charge is 0.247 e. The lowest BCUT2D eigenvalue weighted by molar-refractivity contribution is -0.116. The zero-order valence-corrected chi connectivity index (χ0v) is 14.8. The summed E-state index contributed by atoms with van der Waals surface area (Å²) in [5, 5.41) is 11.7. The van der Waals surface area contributed by atoms with Crippen LogP contribution in [0.1, 0.15) is 31.2 Å². The lowest BCUT2D eigenvalue weighted by Gasteiger charge is -2.05. The van der Waals surface area contributed by atoms with E-state index in [1.54, 1.807) is 28.0 Å². The van der Waals surface area contributed by atoms with Crippen LogP contribution in [0.2, 0.25) is 0 Å². The summed E-state index contributed by atoms with van der Waals surface area (Å²) in [6.07, 6.45) is 5.02. The maximum Gasteiger partial charge on any atom is 0.247 e. The van der Waals surface area contributed by atoms with Crippen LogP contribution >= 0.6 is 0 Å². The van der Waals surface area contributed by atoms with Crippen LogP contribution < -0.4 is 5.32 Å². The van der Waals surface area contributed by atoms with Crippen LogP contribution in [-0.2, 0) is 18.4 Å². The molecule has 1 amide bonds. The molecule has 0 unspecified atom stereocenters. The first-order valence-electron chi connectivity index (χ1n) is 8.09. The maximum absolute atomic E-state index is 12.3. The molecule has 1 N–H and O–H groups in total. The lowest BCUT2D eigenvalue weighted by atomic mass is 10.1. The summed E-state index contributed by atoms with van der Waals surface area (Å²) in [5.41, 5.74) is 3.15. The number of nitrogens with zero attached hydrogens (tertiary/aromatic N) is 6. The molecule has 3 rings (SSSR count). The zero-order valence-electron chi connectivity index (χ0n) is 14.8. The lowest BCUT2D eigenvalue weighted by Crippen LogP contribution is -2.20. The van der Waals surface area contributed by atoms with Gasteiger partial charge in [0.05, 0.1) is 11.4 Å². The van der Waals surface area contributed by atoms with Crippen molar-refractivity contribution in [2.45, 2.75) is 33.2 Å². The summed E-state index contributed by atoms with van der Waals surface area (Å²) in [5.74, 6) is 0.815. The van der Waals surface area contributed by atoms with Crippen molar-refractivity contribution in [1.29, 1.82) is 0 Å². The van der Waals surface area contributed by atoms with Gasteiger partial charge in [0.2, 0.25) is 5.91 Å². The van der Waals surface area contributed by atoms with Crippen molar-refractivity contribution < 1.29 is 4.79 Å². The Morgan fingerprint density at radius 1 is 1.24 bits per heavy atom. The molecule has 0 aliphatic heterocycles. The van der Waals surface area contributed by atoms with Crippen LogP contribution in [0.3, 0.4) is 0 Å². The number of hydrogen-bond donors (Lipinski definition) is 1. The molecule has 0 aliphatic rings. The van der Waals surface area contributed by atoms with Gasteiger partial charge >= 0.3 is 0 Å². The molecule has 3 aromatic rings. The summed E-state index contributed by atoms with van der Waals surface area (Å²) in [4.78, 5) is 20.8. The molecule has 130 valence electrons. The highest BCUT2D eigenvalue weighted by Gasteiger charge is 2.13. The summed E-state index contributed by atoms with van der Waals surface area (Å²) in [7, 11) is 1.81. The predicted octanol–water partition coefficient (Wildman–Crippen LogP) is 2.14. The van der Waals surface area contributed by atoms with Gasteiger partial charge in [-0.25, -0.2) is 0 Å². The molecule has 0 aromatic carbocycles. The van der Waals surface area contributed by atoms with Crippen LogP contribution in [-0.4, -0.2) is 35.4 Å². The van der Waals surface area contributed by atoms with Gasteiger partial charge in [0.1, 0.15) is 23.8 Å². The molecular weight excluding hydrogens is 318 g/mol. The molecule has 0 atom stereocenters. The van der Waals surface area contributed by atoms with Gasteiger partial charge in [-0.15, -0.1) is 0 Å². The minimum Gasteiger partial charge on any atom is -0.309 e. The van der Waals surface area contributed by atoms with E-state index in [0.29, 0.717) is 17.4 Å². The number of anilines is 1. The minimum absolute atomic E-state index is 0.113. The normalized spacial score (nSPS) is 11.1. The van der Waals surface area contributed by atoms with Crippen molar-refractivity contribution in [2.24, 2.45) is 7.05 Å². The van der Waals surface area contributed by atoms with Gasteiger partial charge in [0, 0.05) is 31.7 Å².